The van der Waals surface area contributed by atoms with E-state index in [1.807, 2.05) is 19.9 Å². The van der Waals surface area contributed by atoms with Gasteiger partial charge in [-0.25, -0.2) is 0 Å². The first-order chi connectivity index (χ1) is 11.0. The molecule has 0 bridgehead atoms. The average Bonchev–Trinajstić information content (AvgIpc) is 2.97. The van der Waals surface area contributed by atoms with Crippen LogP contribution in [0, 0.1) is 0 Å². The summed E-state index contributed by atoms with van der Waals surface area (Å²) in [5.41, 5.74) is 2.24. The van der Waals surface area contributed by atoms with Crippen LogP contribution in [0.15, 0.2) is 35.1 Å². The normalized spacial score (nSPS) is 29.7. The molecule has 3 rings (SSSR count). The number of amides is 2. The molecule has 0 aliphatic carbocycles. The first-order valence-corrected chi connectivity index (χ1v) is 8.47. The summed E-state index contributed by atoms with van der Waals surface area (Å²) in [7, 11) is 0. The van der Waals surface area contributed by atoms with E-state index in [1.165, 1.54) is 6.42 Å². The minimum Gasteiger partial charge on any atom is -0.331 e. The molecule has 2 amide bonds. The minimum atomic E-state index is -0.259. The maximum atomic E-state index is 11.9. The Balaban J connectivity index is 1.56. The highest BCUT2D eigenvalue weighted by Gasteiger charge is 2.42. The van der Waals surface area contributed by atoms with E-state index in [0.29, 0.717) is 0 Å². The van der Waals surface area contributed by atoms with Crippen LogP contribution in [0.25, 0.3) is 0 Å². The van der Waals surface area contributed by atoms with Crippen molar-refractivity contribution >= 4 is 11.8 Å². The molecular weight excluding hydrogens is 290 g/mol. The van der Waals surface area contributed by atoms with E-state index in [2.05, 4.69) is 27.7 Å². The van der Waals surface area contributed by atoms with Crippen LogP contribution in [0.5, 0.6) is 0 Å². The minimum absolute atomic E-state index is 0.000476. The topological polar surface area (TPSA) is 61.4 Å². The molecule has 1 fully saturated rings. The average molecular weight is 315 g/mol. The van der Waals surface area contributed by atoms with Gasteiger partial charge in [-0.1, -0.05) is 6.08 Å². The molecule has 1 saturated heterocycles. The predicted molar refractivity (Wildman–Crippen MR) is 89.3 cm³/mol. The van der Waals surface area contributed by atoms with Crippen LogP contribution >= 0.6 is 0 Å². The van der Waals surface area contributed by atoms with Gasteiger partial charge in [0, 0.05) is 29.9 Å². The number of hydrogen-bond donors (Lipinski definition) is 2. The molecule has 0 aromatic rings. The number of nitrogens with one attached hydrogen (secondary N) is 2. The summed E-state index contributed by atoms with van der Waals surface area (Å²) >= 11 is 0. The molecule has 5 heteroatoms. The van der Waals surface area contributed by atoms with Gasteiger partial charge < -0.3 is 10.6 Å². The van der Waals surface area contributed by atoms with Crippen LogP contribution in [0.3, 0.4) is 0 Å². The zero-order valence-electron chi connectivity index (χ0n) is 13.9. The Kier molecular flexibility index (Phi) is 4.39. The molecule has 3 heterocycles. The zero-order valence-corrected chi connectivity index (χ0v) is 13.9. The largest absolute Gasteiger partial charge is 0.331 e. The lowest BCUT2D eigenvalue weighted by molar-refractivity contribution is -0.120. The fourth-order valence-electron chi connectivity index (χ4n) is 3.64. The van der Waals surface area contributed by atoms with Crippen LogP contribution in [-0.2, 0) is 9.59 Å². The van der Waals surface area contributed by atoms with Gasteiger partial charge in [0.2, 0.25) is 5.91 Å². The van der Waals surface area contributed by atoms with E-state index in [4.69, 9.17) is 0 Å². The fraction of sp³-hybridized carbons (Fsp3) is 0.556. The Labute approximate surface area is 137 Å². The molecule has 0 aromatic heterocycles. The van der Waals surface area contributed by atoms with E-state index >= 15 is 0 Å². The lowest BCUT2D eigenvalue weighted by Gasteiger charge is -2.43. The standard InChI is InChI=1S/C18H25N3O2/c1-13-11-15(19-16(13)22)7-3-5-9-21-10-6-4-8-18(21)12-14(2)17(23)20-18/h7,11-12H,3-6,8-10H2,1-2H3,(H,19,22)(H,20,23)/b15-7-/t18-/m0/s1. The summed E-state index contributed by atoms with van der Waals surface area (Å²) in [6.07, 6.45) is 11.3. The number of nitrogens with zero attached hydrogens (tertiary/aromatic N) is 1. The first kappa shape index (κ1) is 16.0. The fourth-order valence-corrected chi connectivity index (χ4v) is 3.64. The van der Waals surface area contributed by atoms with Crippen molar-refractivity contribution in [3.63, 3.8) is 0 Å². The predicted octanol–water partition coefficient (Wildman–Crippen LogP) is 1.98. The highest BCUT2D eigenvalue weighted by Crippen LogP contribution is 2.32. The van der Waals surface area contributed by atoms with Crippen LogP contribution < -0.4 is 10.6 Å². The Morgan fingerprint density at radius 2 is 2.04 bits per heavy atom. The second-order valence-corrected chi connectivity index (χ2v) is 6.73. The summed E-state index contributed by atoms with van der Waals surface area (Å²) in [4.78, 5) is 25.7. The van der Waals surface area contributed by atoms with Crippen LogP contribution in [0.4, 0.5) is 0 Å². The van der Waals surface area contributed by atoms with Crippen molar-refractivity contribution < 1.29 is 9.59 Å². The molecule has 1 atom stereocenters. The monoisotopic (exact) mass is 315 g/mol. The summed E-state index contributed by atoms with van der Waals surface area (Å²) in [5.74, 6) is 0.0637. The molecule has 5 nitrogen and oxygen atoms in total. The van der Waals surface area contributed by atoms with Gasteiger partial charge in [-0.3, -0.25) is 14.5 Å². The van der Waals surface area contributed by atoms with E-state index in [0.717, 1.165) is 55.6 Å². The van der Waals surface area contributed by atoms with Crippen LogP contribution in [0.1, 0.15) is 46.0 Å². The van der Waals surface area contributed by atoms with Gasteiger partial charge in [0.15, 0.2) is 0 Å². The summed E-state index contributed by atoms with van der Waals surface area (Å²) in [5, 5.41) is 6.03. The molecule has 0 unspecified atom stereocenters. The molecule has 0 radical (unpaired) electrons. The van der Waals surface area contributed by atoms with Crippen molar-refractivity contribution in [2.24, 2.45) is 0 Å². The molecule has 3 aliphatic heterocycles. The number of carbonyl (C=O) groups is 2. The van der Waals surface area contributed by atoms with Gasteiger partial charge in [-0.05, 0) is 58.1 Å². The number of piperidine rings is 1. The number of allylic oxidation sites excluding steroid dienone is 2. The Hall–Kier alpha value is -1.88. The lowest BCUT2D eigenvalue weighted by Crippen LogP contribution is -2.58. The first-order valence-electron chi connectivity index (χ1n) is 8.47. The van der Waals surface area contributed by atoms with Gasteiger partial charge in [-0.2, -0.15) is 0 Å². The van der Waals surface area contributed by atoms with Gasteiger partial charge in [0.1, 0.15) is 5.66 Å². The highest BCUT2D eigenvalue weighted by atomic mass is 16.2. The molecule has 0 aromatic carbocycles. The smallest absolute Gasteiger partial charge is 0.251 e. The van der Waals surface area contributed by atoms with Crippen molar-refractivity contribution in [1.82, 2.24) is 15.5 Å². The SMILES string of the molecule is CC1=C/C(=C/CCCN2CCCC[C@@]23C=C(C)C(=O)N3)NC1=O. The Morgan fingerprint density at radius 3 is 2.70 bits per heavy atom. The third-order valence-corrected chi connectivity index (χ3v) is 4.93. The van der Waals surface area contributed by atoms with E-state index < -0.39 is 0 Å². The number of hydrogen-bond acceptors (Lipinski definition) is 3. The molecule has 0 saturated carbocycles. The second kappa shape index (κ2) is 6.32. The van der Waals surface area contributed by atoms with Crippen molar-refractivity contribution in [2.45, 2.75) is 51.6 Å². The van der Waals surface area contributed by atoms with E-state index in [1.54, 1.807) is 0 Å². The highest BCUT2D eigenvalue weighted by molar-refractivity contribution is 5.98. The number of rotatable bonds is 4. The summed E-state index contributed by atoms with van der Waals surface area (Å²) < 4.78 is 0. The van der Waals surface area contributed by atoms with Gasteiger partial charge in [-0.15, -0.1) is 0 Å². The van der Waals surface area contributed by atoms with E-state index in [-0.39, 0.29) is 17.5 Å². The van der Waals surface area contributed by atoms with Gasteiger partial charge in [0.05, 0.1) is 0 Å². The number of likely N-dealkylation sites (tertiary alicyclic amines) is 1. The summed E-state index contributed by atoms with van der Waals surface area (Å²) in [6.45, 7) is 5.69. The van der Waals surface area contributed by atoms with Crippen molar-refractivity contribution in [3.05, 3.63) is 35.1 Å². The van der Waals surface area contributed by atoms with Crippen LogP contribution in [0.2, 0.25) is 0 Å². The third-order valence-electron chi connectivity index (χ3n) is 4.93. The van der Waals surface area contributed by atoms with Crippen molar-refractivity contribution in [1.29, 1.82) is 0 Å². The van der Waals surface area contributed by atoms with Crippen molar-refractivity contribution in [2.75, 3.05) is 13.1 Å². The van der Waals surface area contributed by atoms with Gasteiger partial charge >= 0.3 is 0 Å². The zero-order chi connectivity index (χ0) is 16.4. The molecular formula is C18H25N3O2. The van der Waals surface area contributed by atoms with Crippen LogP contribution in [-0.4, -0.2) is 35.5 Å². The lowest BCUT2D eigenvalue weighted by atomic mass is 9.95. The second-order valence-electron chi connectivity index (χ2n) is 6.73. The molecule has 2 N–H and O–H groups in total. The molecule has 1 spiro atoms. The number of unbranched alkanes of at least 4 members (excludes halogenated alkanes) is 1. The maximum Gasteiger partial charge on any atom is 0.251 e. The summed E-state index contributed by atoms with van der Waals surface area (Å²) in [6, 6.07) is 0. The Morgan fingerprint density at radius 1 is 1.22 bits per heavy atom. The van der Waals surface area contributed by atoms with E-state index in [9.17, 15) is 9.59 Å². The van der Waals surface area contributed by atoms with Gasteiger partial charge in [0.25, 0.3) is 5.91 Å². The quantitative estimate of drug-likeness (QED) is 0.780. The third kappa shape index (κ3) is 3.24. The maximum absolute atomic E-state index is 11.9. The molecule has 23 heavy (non-hydrogen) atoms. The molecule has 3 aliphatic rings. The Bertz CT molecular complexity index is 618. The number of carbonyl (C=O) groups excluding carboxylic acids is 2. The van der Waals surface area contributed by atoms with Crippen molar-refractivity contribution in [3.8, 4) is 0 Å². The molecule has 124 valence electrons.